The van der Waals surface area contributed by atoms with E-state index >= 15 is 0 Å². The van der Waals surface area contributed by atoms with Crippen LogP contribution in [-0.4, -0.2) is 49.1 Å². The molecule has 142 valence electrons. The van der Waals surface area contributed by atoms with Gasteiger partial charge in [-0.05, 0) is 38.1 Å². The van der Waals surface area contributed by atoms with Crippen LogP contribution in [0.1, 0.15) is 17.3 Å². The van der Waals surface area contributed by atoms with Crippen molar-refractivity contribution in [1.82, 2.24) is 15.2 Å². The molecular formula is C18H25FIN5O. The maximum atomic E-state index is 13.1. The van der Waals surface area contributed by atoms with Gasteiger partial charge in [-0.1, -0.05) is 0 Å². The molecule has 0 amide bonds. The lowest BCUT2D eigenvalue weighted by molar-refractivity contribution is 0.368. The van der Waals surface area contributed by atoms with Gasteiger partial charge < -0.3 is 19.5 Å². The van der Waals surface area contributed by atoms with Crippen molar-refractivity contribution >= 4 is 35.6 Å². The Morgan fingerprint density at radius 3 is 2.38 bits per heavy atom. The minimum Gasteiger partial charge on any atom is -0.444 e. The minimum atomic E-state index is -0.205. The highest BCUT2D eigenvalue weighted by atomic mass is 127. The molecule has 26 heavy (non-hydrogen) atoms. The first-order chi connectivity index (χ1) is 12.1. The van der Waals surface area contributed by atoms with E-state index in [0.29, 0.717) is 12.4 Å². The molecule has 1 aromatic carbocycles. The second-order valence-electron chi connectivity index (χ2n) is 6.10. The standard InChI is InChI=1S/C18H24FN5O.HI/c1-13-14(2)25-17(22-13)12-21-18(20-3)24-10-8-23(9-11-24)16-6-4-15(19)5-7-16;/h4-7H,8-12H2,1-3H3,(H,20,21);1H. The number of halogens is 2. The third-order valence-corrected chi connectivity index (χ3v) is 4.45. The van der Waals surface area contributed by atoms with Crippen LogP contribution < -0.4 is 10.2 Å². The van der Waals surface area contributed by atoms with Crippen LogP contribution in [0.25, 0.3) is 0 Å². The first-order valence-electron chi connectivity index (χ1n) is 8.46. The van der Waals surface area contributed by atoms with Gasteiger partial charge >= 0.3 is 0 Å². The van der Waals surface area contributed by atoms with E-state index in [2.05, 4.69) is 25.1 Å². The van der Waals surface area contributed by atoms with Crippen LogP contribution in [0.5, 0.6) is 0 Å². The van der Waals surface area contributed by atoms with Gasteiger partial charge in [0.05, 0.1) is 12.2 Å². The van der Waals surface area contributed by atoms with Gasteiger partial charge in [-0.25, -0.2) is 9.37 Å². The number of piperazine rings is 1. The summed E-state index contributed by atoms with van der Waals surface area (Å²) in [5, 5.41) is 3.31. The van der Waals surface area contributed by atoms with Crippen molar-refractivity contribution in [3.8, 4) is 0 Å². The van der Waals surface area contributed by atoms with Gasteiger partial charge in [0.1, 0.15) is 11.6 Å². The Balaban J connectivity index is 0.00000243. The molecule has 1 N–H and O–H groups in total. The lowest BCUT2D eigenvalue weighted by Crippen LogP contribution is -2.52. The van der Waals surface area contributed by atoms with Crippen LogP contribution in [-0.2, 0) is 6.54 Å². The summed E-state index contributed by atoms with van der Waals surface area (Å²) in [6, 6.07) is 6.65. The third-order valence-electron chi connectivity index (χ3n) is 4.45. The van der Waals surface area contributed by atoms with E-state index in [1.165, 1.54) is 12.1 Å². The van der Waals surface area contributed by atoms with Crippen molar-refractivity contribution in [2.75, 3.05) is 38.1 Å². The van der Waals surface area contributed by atoms with Crippen molar-refractivity contribution in [3.63, 3.8) is 0 Å². The van der Waals surface area contributed by atoms with E-state index in [1.54, 1.807) is 7.05 Å². The Morgan fingerprint density at radius 1 is 1.19 bits per heavy atom. The number of anilines is 1. The number of nitrogens with zero attached hydrogens (tertiary/aromatic N) is 4. The van der Waals surface area contributed by atoms with E-state index in [9.17, 15) is 4.39 Å². The van der Waals surface area contributed by atoms with Crippen molar-refractivity contribution in [1.29, 1.82) is 0 Å². The average Bonchev–Trinajstić information content (AvgIpc) is 2.95. The SMILES string of the molecule is CN=C(NCc1nc(C)c(C)o1)N1CCN(c2ccc(F)cc2)CC1.I. The Hall–Kier alpha value is -1.84. The van der Waals surface area contributed by atoms with Crippen LogP contribution in [0.2, 0.25) is 0 Å². The third kappa shape index (κ3) is 4.87. The van der Waals surface area contributed by atoms with Crippen molar-refractivity contribution < 1.29 is 8.81 Å². The minimum absolute atomic E-state index is 0. The molecule has 1 aliphatic heterocycles. The fourth-order valence-electron chi connectivity index (χ4n) is 2.93. The van der Waals surface area contributed by atoms with Gasteiger partial charge in [0.25, 0.3) is 0 Å². The Bertz CT molecular complexity index is 719. The fourth-order valence-corrected chi connectivity index (χ4v) is 2.93. The van der Waals surface area contributed by atoms with Gasteiger partial charge in [0.2, 0.25) is 5.89 Å². The van der Waals surface area contributed by atoms with E-state index in [4.69, 9.17) is 4.42 Å². The molecule has 0 saturated carbocycles. The zero-order valence-electron chi connectivity index (χ0n) is 15.3. The van der Waals surface area contributed by atoms with Crippen LogP contribution in [0, 0.1) is 19.7 Å². The summed E-state index contributed by atoms with van der Waals surface area (Å²) in [6.45, 7) is 7.79. The van der Waals surface area contributed by atoms with E-state index in [1.807, 2.05) is 26.0 Å². The summed E-state index contributed by atoms with van der Waals surface area (Å²) >= 11 is 0. The topological polar surface area (TPSA) is 56.9 Å². The molecule has 1 aliphatic rings. The molecular weight excluding hydrogens is 448 g/mol. The number of benzene rings is 1. The molecule has 0 radical (unpaired) electrons. The van der Waals surface area contributed by atoms with Crippen LogP contribution in [0.3, 0.4) is 0 Å². The number of hydrogen-bond donors (Lipinski definition) is 1. The molecule has 0 spiro atoms. The van der Waals surface area contributed by atoms with Gasteiger partial charge in [-0.2, -0.15) is 0 Å². The molecule has 6 nitrogen and oxygen atoms in total. The lowest BCUT2D eigenvalue weighted by Gasteiger charge is -2.37. The molecule has 0 unspecified atom stereocenters. The first-order valence-corrected chi connectivity index (χ1v) is 8.46. The Morgan fingerprint density at radius 2 is 1.85 bits per heavy atom. The number of nitrogens with one attached hydrogen (secondary N) is 1. The zero-order valence-corrected chi connectivity index (χ0v) is 17.7. The maximum Gasteiger partial charge on any atom is 0.214 e. The van der Waals surface area contributed by atoms with Crippen LogP contribution >= 0.6 is 24.0 Å². The zero-order chi connectivity index (χ0) is 17.8. The molecule has 2 aromatic rings. The molecule has 0 atom stereocenters. The molecule has 2 heterocycles. The van der Waals surface area contributed by atoms with Crippen molar-refractivity contribution in [2.24, 2.45) is 4.99 Å². The number of hydrogen-bond acceptors (Lipinski definition) is 4. The number of aliphatic imine (C=N–C) groups is 1. The number of rotatable bonds is 3. The summed E-state index contributed by atoms with van der Waals surface area (Å²) in [5.74, 6) is 2.15. The average molecular weight is 473 g/mol. The lowest BCUT2D eigenvalue weighted by atomic mass is 10.2. The molecule has 0 aliphatic carbocycles. The first kappa shape index (κ1) is 20.5. The molecule has 0 bridgehead atoms. The van der Waals surface area contributed by atoms with E-state index < -0.39 is 0 Å². The van der Waals surface area contributed by atoms with E-state index in [0.717, 1.165) is 49.3 Å². The van der Waals surface area contributed by atoms with E-state index in [-0.39, 0.29) is 29.8 Å². The second-order valence-corrected chi connectivity index (χ2v) is 6.10. The van der Waals surface area contributed by atoms with Crippen LogP contribution in [0.15, 0.2) is 33.7 Å². The largest absolute Gasteiger partial charge is 0.444 e. The summed E-state index contributed by atoms with van der Waals surface area (Å²) in [6.07, 6.45) is 0. The molecule has 1 fully saturated rings. The van der Waals surface area contributed by atoms with Gasteiger partial charge in [0, 0.05) is 38.9 Å². The highest BCUT2D eigenvalue weighted by Gasteiger charge is 2.20. The smallest absolute Gasteiger partial charge is 0.214 e. The summed E-state index contributed by atoms with van der Waals surface area (Å²) in [7, 11) is 1.78. The summed E-state index contributed by atoms with van der Waals surface area (Å²) in [5.41, 5.74) is 1.97. The Labute approximate surface area is 170 Å². The van der Waals surface area contributed by atoms with Gasteiger partial charge in [-0.3, -0.25) is 4.99 Å². The Kier molecular flexibility index (Phi) is 7.24. The molecule has 1 aromatic heterocycles. The predicted molar refractivity (Wildman–Crippen MR) is 112 cm³/mol. The maximum absolute atomic E-state index is 13.1. The monoisotopic (exact) mass is 473 g/mol. The summed E-state index contributed by atoms with van der Waals surface area (Å²) in [4.78, 5) is 13.2. The van der Waals surface area contributed by atoms with Crippen LogP contribution in [0.4, 0.5) is 10.1 Å². The normalized spacial score (nSPS) is 15.0. The number of aryl methyl sites for hydroxylation is 2. The van der Waals surface area contributed by atoms with Gasteiger partial charge in [-0.15, -0.1) is 24.0 Å². The number of aromatic nitrogens is 1. The number of guanidine groups is 1. The fraction of sp³-hybridized carbons (Fsp3) is 0.444. The van der Waals surface area contributed by atoms with Gasteiger partial charge in [0.15, 0.2) is 5.96 Å². The predicted octanol–water partition coefficient (Wildman–Crippen LogP) is 2.95. The highest BCUT2D eigenvalue weighted by molar-refractivity contribution is 14.0. The van der Waals surface area contributed by atoms with Crippen molar-refractivity contribution in [2.45, 2.75) is 20.4 Å². The summed E-state index contributed by atoms with van der Waals surface area (Å²) < 4.78 is 18.7. The highest BCUT2D eigenvalue weighted by Crippen LogP contribution is 2.17. The second kappa shape index (κ2) is 9.20. The molecule has 8 heteroatoms. The molecule has 1 saturated heterocycles. The quantitative estimate of drug-likeness (QED) is 0.422. The number of oxazole rings is 1. The van der Waals surface area contributed by atoms with Crippen molar-refractivity contribution in [3.05, 3.63) is 47.4 Å². The molecule has 3 rings (SSSR count).